The van der Waals surface area contributed by atoms with Crippen LogP contribution in [-0.4, -0.2) is 17.6 Å². The van der Waals surface area contributed by atoms with Crippen molar-refractivity contribution in [2.24, 2.45) is 0 Å². The molecular formula is C9H9ClN2O4. The van der Waals surface area contributed by atoms with Gasteiger partial charge < -0.3 is 10.1 Å². The van der Waals surface area contributed by atoms with Gasteiger partial charge in [0.15, 0.2) is 6.73 Å². The molecule has 0 unspecified atom stereocenters. The number of carbonyl (C=O) groups excluding carboxylic acids is 1. The molecule has 6 nitrogen and oxygen atoms in total. The molecule has 0 aliphatic carbocycles. The smallest absolute Gasteiger partial charge is 0.271 e. The highest BCUT2D eigenvalue weighted by molar-refractivity contribution is 6.32. The fourth-order valence-electron chi connectivity index (χ4n) is 0.936. The Kier molecular flexibility index (Phi) is 4.07. The van der Waals surface area contributed by atoms with E-state index in [0.29, 0.717) is 0 Å². The number of nitrogens with zero attached hydrogens (tertiary/aromatic N) is 1. The molecule has 0 bridgehead atoms. The Bertz CT molecular complexity index is 422. The summed E-state index contributed by atoms with van der Waals surface area (Å²) in [7, 11) is 0. The van der Waals surface area contributed by atoms with E-state index in [0.717, 1.165) is 0 Å². The van der Waals surface area contributed by atoms with E-state index < -0.39 is 4.92 Å². The lowest BCUT2D eigenvalue weighted by Gasteiger charge is -2.07. The molecule has 0 saturated heterocycles. The minimum absolute atomic E-state index is 0.0349. The van der Waals surface area contributed by atoms with Crippen LogP contribution >= 0.6 is 11.6 Å². The second-order valence-corrected chi connectivity index (χ2v) is 3.30. The number of nitrogens with one attached hydrogen (secondary N) is 1. The van der Waals surface area contributed by atoms with Crippen LogP contribution in [0.2, 0.25) is 5.02 Å². The third-order valence-corrected chi connectivity index (χ3v) is 1.97. The Morgan fingerprint density at radius 1 is 1.62 bits per heavy atom. The zero-order valence-electron chi connectivity index (χ0n) is 8.40. The maximum absolute atomic E-state index is 10.5. The number of nitro benzene ring substituents is 1. The molecule has 0 saturated carbocycles. The molecule has 1 amide bonds. The number of hydrogen-bond acceptors (Lipinski definition) is 4. The van der Waals surface area contributed by atoms with Gasteiger partial charge in [0, 0.05) is 19.1 Å². The summed E-state index contributed by atoms with van der Waals surface area (Å²) in [6.45, 7) is 1.31. The zero-order chi connectivity index (χ0) is 12.1. The van der Waals surface area contributed by atoms with Crippen LogP contribution in [0.1, 0.15) is 6.92 Å². The first-order valence-corrected chi connectivity index (χ1v) is 4.69. The SMILES string of the molecule is CC(=O)NCOc1ccc([N+](=O)[O-])cc1Cl. The fourth-order valence-corrected chi connectivity index (χ4v) is 1.17. The second kappa shape index (κ2) is 5.32. The molecule has 1 N–H and O–H groups in total. The van der Waals surface area contributed by atoms with Crippen molar-refractivity contribution >= 4 is 23.2 Å². The number of carbonyl (C=O) groups is 1. The number of amides is 1. The molecule has 0 atom stereocenters. The number of hydrogen-bond donors (Lipinski definition) is 1. The van der Waals surface area contributed by atoms with Crippen molar-refractivity contribution in [2.75, 3.05) is 6.73 Å². The van der Waals surface area contributed by atoms with Crippen molar-refractivity contribution in [2.45, 2.75) is 6.92 Å². The molecule has 0 aliphatic heterocycles. The Balaban J connectivity index is 2.68. The van der Waals surface area contributed by atoms with Crippen LogP contribution in [0, 0.1) is 10.1 Å². The number of halogens is 1. The lowest BCUT2D eigenvalue weighted by molar-refractivity contribution is -0.384. The van der Waals surface area contributed by atoms with Crippen molar-refractivity contribution in [3.05, 3.63) is 33.3 Å². The Hall–Kier alpha value is -1.82. The lowest BCUT2D eigenvalue weighted by atomic mass is 10.3. The number of non-ortho nitro benzene ring substituents is 1. The first-order valence-electron chi connectivity index (χ1n) is 4.32. The van der Waals surface area contributed by atoms with Gasteiger partial charge in [-0.3, -0.25) is 14.9 Å². The maximum Gasteiger partial charge on any atom is 0.271 e. The summed E-state index contributed by atoms with van der Waals surface area (Å²) < 4.78 is 5.10. The van der Waals surface area contributed by atoms with E-state index in [1.807, 2.05) is 0 Å². The van der Waals surface area contributed by atoms with Crippen LogP contribution in [0.4, 0.5) is 5.69 Å². The highest BCUT2D eigenvalue weighted by Crippen LogP contribution is 2.28. The monoisotopic (exact) mass is 244 g/mol. The minimum atomic E-state index is -0.552. The van der Waals surface area contributed by atoms with Crippen molar-refractivity contribution in [3.63, 3.8) is 0 Å². The summed E-state index contributed by atoms with van der Waals surface area (Å²) in [6.07, 6.45) is 0. The molecule has 1 aromatic rings. The average Bonchev–Trinajstić information content (AvgIpc) is 2.19. The Morgan fingerprint density at radius 3 is 2.81 bits per heavy atom. The molecule has 1 rings (SSSR count). The van der Waals surface area contributed by atoms with E-state index in [9.17, 15) is 14.9 Å². The Labute approximate surface area is 96.3 Å². The fraction of sp³-hybridized carbons (Fsp3) is 0.222. The van der Waals surface area contributed by atoms with Gasteiger partial charge in [0.25, 0.3) is 5.69 Å². The molecule has 16 heavy (non-hydrogen) atoms. The van der Waals surface area contributed by atoms with Crippen molar-refractivity contribution in [1.29, 1.82) is 0 Å². The van der Waals surface area contributed by atoms with E-state index in [-0.39, 0.29) is 29.1 Å². The Morgan fingerprint density at radius 2 is 2.31 bits per heavy atom. The molecule has 0 spiro atoms. The molecule has 86 valence electrons. The average molecular weight is 245 g/mol. The first kappa shape index (κ1) is 12.3. The highest BCUT2D eigenvalue weighted by atomic mass is 35.5. The van der Waals surface area contributed by atoms with Crippen molar-refractivity contribution in [1.82, 2.24) is 5.32 Å². The predicted molar refractivity (Wildman–Crippen MR) is 57.4 cm³/mol. The minimum Gasteiger partial charge on any atom is -0.472 e. The number of rotatable bonds is 4. The van der Waals surface area contributed by atoms with Gasteiger partial charge in [0.2, 0.25) is 5.91 Å². The molecule has 0 aliphatic rings. The van der Waals surface area contributed by atoms with Gasteiger partial charge >= 0.3 is 0 Å². The molecule has 0 radical (unpaired) electrons. The van der Waals surface area contributed by atoms with Gasteiger partial charge in [0.1, 0.15) is 5.75 Å². The molecule has 0 aromatic heterocycles. The van der Waals surface area contributed by atoms with Gasteiger partial charge in [-0.05, 0) is 6.07 Å². The largest absolute Gasteiger partial charge is 0.472 e. The van der Waals surface area contributed by atoms with Crippen LogP contribution < -0.4 is 10.1 Å². The van der Waals surface area contributed by atoms with Gasteiger partial charge in [-0.1, -0.05) is 11.6 Å². The van der Waals surface area contributed by atoms with E-state index >= 15 is 0 Å². The second-order valence-electron chi connectivity index (χ2n) is 2.89. The first-order chi connectivity index (χ1) is 7.50. The topological polar surface area (TPSA) is 81.5 Å². The van der Waals surface area contributed by atoms with Crippen LogP contribution in [0.25, 0.3) is 0 Å². The summed E-state index contributed by atoms with van der Waals surface area (Å²) >= 11 is 5.75. The van der Waals surface area contributed by atoms with Gasteiger partial charge in [-0.15, -0.1) is 0 Å². The molecule has 0 fully saturated rings. The zero-order valence-corrected chi connectivity index (χ0v) is 9.15. The van der Waals surface area contributed by atoms with E-state index in [4.69, 9.17) is 16.3 Å². The van der Waals surface area contributed by atoms with Crippen LogP contribution in [0.15, 0.2) is 18.2 Å². The molecule has 0 heterocycles. The van der Waals surface area contributed by atoms with E-state index in [1.54, 1.807) is 0 Å². The molecule has 1 aromatic carbocycles. The normalized spacial score (nSPS) is 9.62. The summed E-state index contributed by atoms with van der Waals surface area (Å²) in [5.74, 6) is 0.0408. The van der Waals surface area contributed by atoms with Crippen LogP contribution in [0.3, 0.4) is 0 Å². The summed E-state index contributed by atoms with van der Waals surface area (Å²) in [6, 6.07) is 3.84. The lowest BCUT2D eigenvalue weighted by Crippen LogP contribution is -2.24. The van der Waals surface area contributed by atoms with Gasteiger partial charge in [-0.25, -0.2) is 0 Å². The van der Waals surface area contributed by atoms with E-state index in [2.05, 4.69) is 5.32 Å². The number of ether oxygens (including phenoxy) is 1. The standard InChI is InChI=1S/C9H9ClN2O4/c1-6(13)11-5-16-9-3-2-7(12(14)15)4-8(9)10/h2-4H,5H2,1H3,(H,11,13). The number of benzene rings is 1. The quantitative estimate of drug-likeness (QED) is 0.497. The third kappa shape index (κ3) is 3.39. The predicted octanol–water partition coefficient (Wildman–Crippen LogP) is 1.72. The third-order valence-electron chi connectivity index (χ3n) is 1.68. The maximum atomic E-state index is 10.5. The molecular weight excluding hydrogens is 236 g/mol. The van der Waals surface area contributed by atoms with Crippen molar-refractivity contribution < 1.29 is 14.5 Å². The van der Waals surface area contributed by atoms with Gasteiger partial charge in [0.05, 0.1) is 9.95 Å². The summed E-state index contributed by atoms with van der Waals surface area (Å²) in [5.41, 5.74) is -0.114. The van der Waals surface area contributed by atoms with Crippen LogP contribution in [0.5, 0.6) is 5.75 Å². The number of nitro groups is 1. The van der Waals surface area contributed by atoms with Gasteiger partial charge in [-0.2, -0.15) is 0 Å². The van der Waals surface area contributed by atoms with Crippen molar-refractivity contribution in [3.8, 4) is 5.75 Å². The molecule has 7 heteroatoms. The van der Waals surface area contributed by atoms with Crippen LogP contribution in [-0.2, 0) is 4.79 Å². The summed E-state index contributed by atoms with van der Waals surface area (Å²) in [4.78, 5) is 20.4. The highest BCUT2D eigenvalue weighted by Gasteiger charge is 2.09. The van der Waals surface area contributed by atoms with E-state index in [1.165, 1.54) is 25.1 Å². The summed E-state index contributed by atoms with van der Waals surface area (Å²) in [5, 5.41) is 12.9.